The molecule has 0 aliphatic rings. The fraction of sp³-hybridized carbons (Fsp3) is 0.207. The Balaban J connectivity index is 1.87. The van der Waals surface area contributed by atoms with Gasteiger partial charge in [-0.25, -0.2) is 13.1 Å². The number of hydrogen-bond acceptors (Lipinski definition) is 5. The summed E-state index contributed by atoms with van der Waals surface area (Å²) in [5.74, 6) is -1.61. The fourth-order valence-electron chi connectivity index (χ4n) is 4.55. The number of rotatable bonds is 11. The molecule has 1 N–H and O–H groups in total. The molecule has 222 valence electrons. The van der Waals surface area contributed by atoms with Gasteiger partial charge >= 0.3 is 12.7 Å². The highest BCUT2D eigenvalue weighted by molar-refractivity contribution is 7.88. The van der Waals surface area contributed by atoms with E-state index >= 15 is 0 Å². The Morgan fingerprint density at radius 1 is 0.667 bits per heavy atom. The molecule has 42 heavy (non-hydrogen) atoms. The number of nitrogens with one attached hydrogen (secondary N) is 1. The average molecular weight is 611 g/mol. The van der Waals surface area contributed by atoms with Crippen molar-refractivity contribution in [2.75, 3.05) is 6.54 Å². The Hall–Kier alpha value is -4.10. The van der Waals surface area contributed by atoms with Gasteiger partial charge in [-0.3, -0.25) is 4.98 Å². The van der Waals surface area contributed by atoms with E-state index in [1.165, 1.54) is 48.8 Å². The molecule has 1 heterocycles. The Morgan fingerprint density at radius 2 is 1.19 bits per heavy atom. The third-order valence-electron chi connectivity index (χ3n) is 6.29. The second kappa shape index (κ2) is 12.4. The molecule has 0 amide bonds. The molecule has 3 aromatic carbocycles. The van der Waals surface area contributed by atoms with Crippen LogP contribution in [0.15, 0.2) is 103 Å². The summed E-state index contributed by atoms with van der Waals surface area (Å²) in [6, 6.07) is 21.4. The first-order chi connectivity index (χ1) is 19.7. The highest BCUT2D eigenvalue weighted by atomic mass is 32.2. The van der Waals surface area contributed by atoms with Crippen molar-refractivity contribution >= 4 is 10.0 Å². The molecule has 4 aromatic rings. The van der Waals surface area contributed by atoms with Crippen LogP contribution in [-0.4, -0.2) is 32.7 Å². The molecule has 0 aliphatic carbocycles. The molecule has 0 unspecified atom stereocenters. The molecule has 0 saturated carbocycles. The van der Waals surface area contributed by atoms with Gasteiger partial charge in [0.05, 0.1) is 5.75 Å². The second-order valence-corrected chi connectivity index (χ2v) is 11.1. The summed E-state index contributed by atoms with van der Waals surface area (Å²) in [5, 5.41) is 0. The SMILES string of the molecule is O=S(=O)(Cc1ccncc1)NCC(Cc1ccccc1)(c1cccc(OC(F)(F)F)c1)c1cccc(OC(F)(F)F)c1. The largest absolute Gasteiger partial charge is 0.573 e. The van der Waals surface area contributed by atoms with Gasteiger partial charge in [-0.15, -0.1) is 26.3 Å². The van der Waals surface area contributed by atoms with Gasteiger partial charge in [0, 0.05) is 24.4 Å². The smallest absolute Gasteiger partial charge is 0.406 e. The van der Waals surface area contributed by atoms with Gasteiger partial charge < -0.3 is 9.47 Å². The van der Waals surface area contributed by atoms with Gasteiger partial charge in [0.2, 0.25) is 10.0 Å². The van der Waals surface area contributed by atoms with E-state index in [0.717, 1.165) is 24.3 Å². The van der Waals surface area contributed by atoms with Crippen LogP contribution in [0.25, 0.3) is 0 Å². The van der Waals surface area contributed by atoms with Gasteiger partial charge in [-0.2, -0.15) is 0 Å². The average Bonchev–Trinajstić information content (AvgIpc) is 2.90. The molecule has 0 radical (unpaired) electrons. The van der Waals surface area contributed by atoms with E-state index in [9.17, 15) is 34.8 Å². The van der Waals surface area contributed by atoms with Crippen LogP contribution in [0.3, 0.4) is 0 Å². The summed E-state index contributed by atoms with van der Waals surface area (Å²) in [4.78, 5) is 3.85. The number of sulfonamides is 1. The molecule has 6 nitrogen and oxygen atoms in total. The van der Waals surface area contributed by atoms with Crippen molar-refractivity contribution in [2.24, 2.45) is 0 Å². The first kappa shape index (κ1) is 30.8. The molecule has 0 saturated heterocycles. The summed E-state index contributed by atoms with van der Waals surface area (Å²) in [7, 11) is -4.05. The molecular weight excluding hydrogens is 586 g/mol. The summed E-state index contributed by atoms with van der Waals surface area (Å²) in [5.41, 5.74) is -0.155. The summed E-state index contributed by atoms with van der Waals surface area (Å²) in [6.45, 7) is -0.430. The Morgan fingerprint density at radius 3 is 1.69 bits per heavy atom. The molecular formula is C29H24F6N2O4S. The van der Waals surface area contributed by atoms with Crippen LogP contribution >= 0.6 is 0 Å². The summed E-state index contributed by atoms with van der Waals surface area (Å²) in [6.07, 6.45) is -7.22. The number of hydrogen-bond donors (Lipinski definition) is 1. The highest BCUT2D eigenvalue weighted by Gasteiger charge is 2.39. The number of nitrogens with zero attached hydrogens (tertiary/aromatic N) is 1. The van der Waals surface area contributed by atoms with Crippen molar-refractivity contribution in [3.8, 4) is 11.5 Å². The predicted octanol–water partition coefficient (Wildman–Crippen LogP) is 6.53. The van der Waals surface area contributed by atoms with Crippen LogP contribution in [0.5, 0.6) is 11.5 Å². The van der Waals surface area contributed by atoms with Gasteiger partial charge in [0.1, 0.15) is 11.5 Å². The quantitative estimate of drug-likeness (QED) is 0.196. The van der Waals surface area contributed by atoms with E-state index in [2.05, 4.69) is 19.2 Å². The molecule has 0 spiro atoms. The molecule has 1 aromatic heterocycles. The Bertz CT molecular complexity index is 1520. The minimum atomic E-state index is -5.02. The van der Waals surface area contributed by atoms with Crippen LogP contribution in [0.4, 0.5) is 26.3 Å². The lowest BCUT2D eigenvalue weighted by molar-refractivity contribution is -0.275. The van der Waals surface area contributed by atoms with Gasteiger partial charge in [0.25, 0.3) is 0 Å². The minimum absolute atomic E-state index is 0.0173. The van der Waals surface area contributed by atoms with Crippen LogP contribution in [0.1, 0.15) is 22.3 Å². The third-order valence-corrected chi connectivity index (χ3v) is 7.59. The van der Waals surface area contributed by atoms with Crippen LogP contribution in [-0.2, 0) is 27.6 Å². The van der Waals surface area contributed by atoms with E-state index in [4.69, 9.17) is 0 Å². The predicted molar refractivity (Wildman–Crippen MR) is 142 cm³/mol. The lowest BCUT2D eigenvalue weighted by atomic mass is 9.70. The van der Waals surface area contributed by atoms with Crippen molar-refractivity contribution in [3.05, 3.63) is 126 Å². The third kappa shape index (κ3) is 8.70. The second-order valence-electron chi connectivity index (χ2n) is 9.33. The maximum absolute atomic E-state index is 13.2. The minimum Gasteiger partial charge on any atom is -0.406 e. The molecule has 0 aliphatic heterocycles. The molecule has 0 fully saturated rings. The van der Waals surface area contributed by atoms with Crippen molar-refractivity contribution in [3.63, 3.8) is 0 Å². The molecule has 0 bridgehead atoms. The lowest BCUT2D eigenvalue weighted by Gasteiger charge is -2.36. The molecule has 0 atom stereocenters. The Kier molecular flexibility index (Phi) is 9.12. The van der Waals surface area contributed by atoms with Gasteiger partial charge in [-0.1, -0.05) is 54.6 Å². The number of alkyl halides is 6. The maximum atomic E-state index is 13.2. The first-order valence-corrected chi connectivity index (χ1v) is 14.0. The fourth-order valence-corrected chi connectivity index (χ4v) is 5.75. The van der Waals surface area contributed by atoms with E-state index < -0.39 is 52.0 Å². The maximum Gasteiger partial charge on any atom is 0.573 e. The monoisotopic (exact) mass is 610 g/mol. The van der Waals surface area contributed by atoms with Crippen LogP contribution < -0.4 is 14.2 Å². The number of halogens is 6. The summed E-state index contributed by atoms with van der Waals surface area (Å²) < 4.78 is 116. The first-order valence-electron chi connectivity index (χ1n) is 12.4. The zero-order valence-corrected chi connectivity index (χ0v) is 22.5. The van der Waals surface area contributed by atoms with E-state index in [-0.39, 0.29) is 17.5 Å². The van der Waals surface area contributed by atoms with Crippen molar-refractivity contribution in [2.45, 2.75) is 30.3 Å². The normalized spacial score (nSPS) is 12.6. The van der Waals surface area contributed by atoms with Crippen LogP contribution in [0, 0.1) is 0 Å². The number of ether oxygens (including phenoxy) is 2. The summed E-state index contributed by atoms with van der Waals surface area (Å²) >= 11 is 0. The van der Waals surface area contributed by atoms with Crippen molar-refractivity contribution < 1.29 is 44.2 Å². The lowest BCUT2D eigenvalue weighted by Crippen LogP contribution is -2.43. The Labute approximate surface area is 238 Å². The van der Waals surface area contributed by atoms with Gasteiger partial charge in [-0.05, 0) is 65.1 Å². The molecule has 4 rings (SSSR count). The van der Waals surface area contributed by atoms with E-state index in [0.29, 0.717) is 11.1 Å². The number of benzene rings is 3. The van der Waals surface area contributed by atoms with E-state index in [1.807, 2.05) is 0 Å². The standard InChI is InChI=1S/C29H24F6N2O4S/c30-28(31,32)40-25-10-4-8-23(16-25)27(18-21-6-2-1-3-7-21,24-9-5-11-26(17-24)41-29(33,34)35)20-37-42(38,39)19-22-12-14-36-15-13-22/h1-17,37H,18-20H2. The van der Waals surface area contributed by atoms with Crippen molar-refractivity contribution in [1.29, 1.82) is 0 Å². The van der Waals surface area contributed by atoms with E-state index in [1.54, 1.807) is 30.3 Å². The number of aromatic nitrogens is 1. The van der Waals surface area contributed by atoms with Gasteiger partial charge in [0.15, 0.2) is 0 Å². The van der Waals surface area contributed by atoms with Crippen molar-refractivity contribution in [1.82, 2.24) is 9.71 Å². The van der Waals surface area contributed by atoms with Crippen LogP contribution in [0.2, 0.25) is 0 Å². The number of pyridine rings is 1. The molecule has 13 heteroatoms. The zero-order chi connectivity index (χ0) is 30.4. The zero-order valence-electron chi connectivity index (χ0n) is 21.7. The topological polar surface area (TPSA) is 77.5 Å². The highest BCUT2D eigenvalue weighted by Crippen LogP contribution is 2.40.